The normalized spacial score (nSPS) is 10.4. The van der Waals surface area contributed by atoms with E-state index in [1.807, 2.05) is 6.92 Å². The zero-order valence-corrected chi connectivity index (χ0v) is 12.5. The molecule has 0 unspecified atom stereocenters. The van der Waals surface area contributed by atoms with E-state index in [0.29, 0.717) is 23.1 Å². The summed E-state index contributed by atoms with van der Waals surface area (Å²) in [5.74, 6) is 6.66. The van der Waals surface area contributed by atoms with Crippen molar-refractivity contribution >= 4 is 33.3 Å². The van der Waals surface area contributed by atoms with Crippen LogP contribution in [0.25, 0.3) is 0 Å². The molecule has 0 aliphatic rings. The van der Waals surface area contributed by atoms with Gasteiger partial charge in [-0.2, -0.15) is 0 Å². The SMILES string of the molecule is CCCc1nc(NN)cc(Nc2cc(Br)ccc2F)n1. The Morgan fingerprint density at radius 2 is 2.00 bits per heavy atom. The van der Waals surface area contributed by atoms with Crippen molar-refractivity contribution in [3.63, 3.8) is 0 Å². The summed E-state index contributed by atoms with van der Waals surface area (Å²) in [6, 6.07) is 6.28. The van der Waals surface area contributed by atoms with Gasteiger partial charge in [-0.15, -0.1) is 0 Å². The molecule has 1 heterocycles. The van der Waals surface area contributed by atoms with Crippen LogP contribution in [-0.4, -0.2) is 9.97 Å². The number of nitrogen functional groups attached to an aromatic ring is 1. The fourth-order valence-corrected chi connectivity index (χ4v) is 2.06. The molecule has 7 heteroatoms. The number of anilines is 3. The molecule has 0 spiro atoms. The second-order valence-electron chi connectivity index (χ2n) is 4.20. The van der Waals surface area contributed by atoms with E-state index in [2.05, 4.69) is 36.6 Å². The Balaban J connectivity index is 2.32. The Morgan fingerprint density at radius 3 is 2.70 bits per heavy atom. The lowest BCUT2D eigenvalue weighted by atomic mass is 10.3. The second kappa shape index (κ2) is 6.62. The van der Waals surface area contributed by atoms with Gasteiger partial charge in [0.05, 0.1) is 5.69 Å². The number of halogens is 2. The quantitative estimate of drug-likeness (QED) is 0.575. The molecule has 0 fully saturated rings. The first kappa shape index (κ1) is 14.7. The number of rotatable bonds is 5. The first-order valence-corrected chi connectivity index (χ1v) is 6.98. The van der Waals surface area contributed by atoms with Crippen molar-refractivity contribution in [3.05, 3.63) is 40.4 Å². The number of aromatic nitrogens is 2. The number of nitrogens with zero attached hydrogens (tertiary/aromatic N) is 2. The standard InChI is InChI=1S/C13H15BrFN5/c1-2-3-11-18-12(7-13(19-11)20-16)17-10-6-8(14)4-5-9(10)15/h4-7H,2-3,16H2,1H3,(H2,17,18,19,20). The van der Waals surface area contributed by atoms with Crippen molar-refractivity contribution < 1.29 is 4.39 Å². The lowest BCUT2D eigenvalue weighted by Crippen LogP contribution is -2.11. The summed E-state index contributed by atoms with van der Waals surface area (Å²) in [6.45, 7) is 2.03. The van der Waals surface area contributed by atoms with Gasteiger partial charge >= 0.3 is 0 Å². The first-order valence-electron chi connectivity index (χ1n) is 6.19. The topological polar surface area (TPSA) is 75.9 Å². The number of hydrogen-bond acceptors (Lipinski definition) is 5. The Kier molecular flexibility index (Phi) is 4.86. The molecule has 2 rings (SSSR count). The minimum absolute atomic E-state index is 0.337. The van der Waals surface area contributed by atoms with E-state index in [0.717, 1.165) is 17.3 Å². The van der Waals surface area contributed by atoms with Gasteiger partial charge in [0.2, 0.25) is 0 Å². The van der Waals surface area contributed by atoms with Crippen molar-refractivity contribution in [1.82, 2.24) is 9.97 Å². The fraction of sp³-hybridized carbons (Fsp3) is 0.231. The maximum absolute atomic E-state index is 13.7. The molecule has 0 aliphatic heterocycles. The predicted molar refractivity (Wildman–Crippen MR) is 81.2 cm³/mol. The molecule has 0 amide bonds. The zero-order chi connectivity index (χ0) is 14.5. The van der Waals surface area contributed by atoms with Gasteiger partial charge in [0.15, 0.2) is 0 Å². The molecule has 0 saturated heterocycles. The van der Waals surface area contributed by atoms with Crippen molar-refractivity contribution in [2.75, 3.05) is 10.7 Å². The third-order valence-corrected chi connectivity index (χ3v) is 3.08. The third-order valence-electron chi connectivity index (χ3n) is 2.59. The highest BCUT2D eigenvalue weighted by atomic mass is 79.9. The molecule has 2 aromatic rings. The molecule has 4 N–H and O–H groups in total. The predicted octanol–water partition coefficient (Wildman–Crippen LogP) is 3.36. The minimum Gasteiger partial charge on any atom is -0.338 e. The zero-order valence-electron chi connectivity index (χ0n) is 11.0. The lowest BCUT2D eigenvalue weighted by molar-refractivity contribution is 0.631. The summed E-state index contributed by atoms with van der Waals surface area (Å²) in [5, 5.41) is 2.93. The van der Waals surface area contributed by atoms with Gasteiger partial charge in [-0.25, -0.2) is 20.2 Å². The maximum Gasteiger partial charge on any atom is 0.146 e. The molecule has 0 radical (unpaired) electrons. The molecule has 0 saturated carbocycles. The summed E-state index contributed by atoms with van der Waals surface area (Å²) in [4.78, 5) is 8.57. The van der Waals surface area contributed by atoms with Gasteiger partial charge < -0.3 is 10.7 Å². The molecule has 106 valence electrons. The Hall–Kier alpha value is -1.73. The van der Waals surface area contributed by atoms with Crippen LogP contribution in [0.3, 0.4) is 0 Å². The molecule has 0 atom stereocenters. The number of aryl methyl sites for hydroxylation is 1. The summed E-state index contributed by atoms with van der Waals surface area (Å²) in [7, 11) is 0. The first-order chi connectivity index (χ1) is 9.62. The summed E-state index contributed by atoms with van der Waals surface area (Å²) in [6.07, 6.45) is 1.64. The Labute approximate surface area is 124 Å². The molecule has 5 nitrogen and oxygen atoms in total. The summed E-state index contributed by atoms with van der Waals surface area (Å²) >= 11 is 3.31. The monoisotopic (exact) mass is 339 g/mol. The molecule has 1 aromatic heterocycles. The highest BCUT2D eigenvalue weighted by Gasteiger charge is 2.07. The average Bonchev–Trinajstić information content (AvgIpc) is 2.43. The number of nitrogens with two attached hydrogens (primary N) is 1. The number of hydrogen-bond donors (Lipinski definition) is 3. The number of benzene rings is 1. The van der Waals surface area contributed by atoms with E-state index < -0.39 is 0 Å². The summed E-state index contributed by atoms with van der Waals surface area (Å²) in [5.41, 5.74) is 2.82. The largest absolute Gasteiger partial charge is 0.338 e. The average molecular weight is 340 g/mol. The number of nitrogens with one attached hydrogen (secondary N) is 2. The van der Waals surface area contributed by atoms with Crippen LogP contribution in [0.1, 0.15) is 19.2 Å². The van der Waals surface area contributed by atoms with Crippen LogP contribution in [0, 0.1) is 5.82 Å². The van der Waals surface area contributed by atoms with Crippen LogP contribution in [0.5, 0.6) is 0 Å². The highest BCUT2D eigenvalue weighted by molar-refractivity contribution is 9.10. The van der Waals surface area contributed by atoms with Crippen LogP contribution in [0.4, 0.5) is 21.7 Å². The fourth-order valence-electron chi connectivity index (χ4n) is 1.70. The Bertz CT molecular complexity index is 605. The molecule has 0 aliphatic carbocycles. The van der Waals surface area contributed by atoms with Gasteiger partial charge in [0.1, 0.15) is 23.3 Å². The minimum atomic E-state index is -0.355. The molecule has 1 aromatic carbocycles. The number of hydrazine groups is 1. The van der Waals surface area contributed by atoms with Crippen LogP contribution >= 0.6 is 15.9 Å². The highest BCUT2D eigenvalue weighted by Crippen LogP contribution is 2.24. The van der Waals surface area contributed by atoms with Crippen molar-refractivity contribution in [1.29, 1.82) is 0 Å². The van der Waals surface area contributed by atoms with Crippen molar-refractivity contribution in [2.45, 2.75) is 19.8 Å². The van der Waals surface area contributed by atoms with E-state index in [-0.39, 0.29) is 5.82 Å². The molecule has 0 bridgehead atoms. The van der Waals surface area contributed by atoms with Crippen LogP contribution < -0.4 is 16.6 Å². The second-order valence-corrected chi connectivity index (χ2v) is 5.11. The molecular weight excluding hydrogens is 325 g/mol. The van der Waals surface area contributed by atoms with Gasteiger partial charge in [-0.05, 0) is 24.6 Å². The molecular formula is C13H15BrFN5. The Morgan fingerprint density at radius 1 is 1.25 bits per heavy atom. The van der Waals surface area contributed by atoms with Gasteiger partial charge in [0, 0.05) is 17.0 Å². The van der Waals surface area contributed by atoms with E-state index in [4.69, 9.17) is 5.84 Å². The van der Waals surface area contributed by atoms with Gasteiger partial charge in [0.25, 0.3) is 0 Å². The van der Waals surface area contributed by atoms with Crippen LogP contribution in [-0.2, 0) is 6.42 Å². The van der Waals surface area contributed by atoms with E-state index in [1.54, 1.807) is 18.2 Å². The van der Waals surface area contributed by atoms with Crippen molar-refractivity contribution in [3.8, 4) is 0 Å². The molecule has 20 heavy (non-hydrogen) atoms. The third kappa shape index (κ3) is 3.64. The smallest absolute Gasteiger partial charge is 0.146 e. The lowest BCUT2D eigenvalue weighted by Gasteiger charge is -2.10. The van der Waals surface area contributed by atoms with Crippen molar-refractivity contribution in [2.24, 2.45) is 5.84 Å². The van der Waals surface area contributed by atoms with E-state index in [1.165, 1.54) is 6.07 Å². The van der Waals surface area contributed by atoms with E-state index in [9.17, 15) is 4.39 Å². The summed E-state index contributed by atoms with van der Waals surface area (Å²) < 4.78 is 14.5. The van der Waals surface area contributed by atoms with Crippen LogP contribution in [0.15, 0.2) is 28.7 Å². The maximum atomic E-state index is 13.7. The van der Waals surface area contributed by atoms with E-state index >= 15 is 0 Å². The van der Waals surface area contributed by atoms with Gasteiger partial charge in [-0.1, -0.05) is 22.9 Å². The van der Waals surface area contributed by atoms with Crippen LogP contribution in [0.2, 0.25) is 0 Å². The van der Waals surface area contributed by atoms with Gasteiger partial charge in [-0.3, -0.25) is 0 Å².